The predicted molar refractivity (Wildman–Crippen MR) is 65.3 cm³/mol. The van der Waals surface area contributed by atoms with Crippen LogP contribution in [-0.4, -0.2) is 42.9 Å². The van der Waals surface area contributed by atoms with Gasteiger partial charge in [-0.1, -0.05) is 30.3 Å². The highest BCUT2D eigenvalue weighted by Gasteiger charge is 2.08. The third kappa shape index (κ3) is 5.26. The van der Waals surface area contributed by atoms with Gasteiger partial charge in [0.2, 0.25) is 0 Å². The molecule has 0 spiro atoms. The first kappa shape index (κ1) is 13.2. The van der Waals surface area contributed by atoms with Crippen molar-refractivity contribution in [2.75, 3.05) is 26.8 Å². The first-order valence-electron chi connectivity index (χ1n) is 5.65. The molecule has 0 heterocycles. The van der Waals surface area contributed by atoms with E-state index in [0.717, 1.165) is 13.1 Å². The van der Waals surface area contributed by atoms with Crippen LogP contribution in [0, 0.1) is 0 Å². The van der Waals surface area contributed by atoms with Crippen molar-refractivity contribution in [1.29, 1.82) is 0 Å². The Balaban J connectivity index is 2.49. The van der Waals surface area contributed by atoms with Crippen LogP contribution in [0.3, 0.4) is 0 Å². The first-order valence-corrected chi connectivity index (χ1v) is 5.65. The Labute approximate surface area is 97.7 Å². The van der Waals surface area contributed by atoms with Gasteiger partial charge >= 0.3 is 0 Å². The molecule has 16 heavy (non-hydrogen) atoms. The number of hydrogen-bond donors (Lipinski definition) is 1. The van der Waals surface area contributed by atoms with Crippen LogP contribution in [0.4, 0.5) is 0 Å². The molecule has 1 N–H and O–H groups in total. The summed E-state index contributed by atoms with van der Waals surface area (Å²) in [6.45, 7) is 4.88. The van der Waals surface area contributed by atoms with Crippen LogP contribution < -0.4 is 0 Å². The number of hydrogen-bond acceptors (Lipinski definition) is 3. The second kappa shape index (κ2) is 7.39. The zero-order valence-electron chi connectivity index (χ0n) is 10.1. The summed E-state index contributed by atoms with van der Waals surface area (Å²) in [6, 6.07) is 10.3. The molecule has 1 rings (SSSR count). The molecular formula is C13H21NO2. The van der Waals surface area contributed by atoms with Gasteiger partial charge in [-0.05, 0) is 12.5 Å². The lowest BCUT2D eigenvalue weighted by atomic mass is 10.2. The fourth-order valence-electron chi connectivity index (χ4n) is 1.67. The Morgan fingerprint density at radius 2 is 2.00 bits per heavy atom. The highest BCUT2D eigenvalue weighted by atomic mass is 16.5. The molecule has 0 saturated heterocycles. The predicted octanol–water partition coefficient (Wildman–Crippen LogP) is 1.52. The molecule has 1 aromatic carbocycles. The minimum absolute atomic E-state index is 0.305. The van der Waals surface area contributed by atoms with E-state index in [1.807, 2.05) is 25.1 Å². The molecule has 0 amide bonds. The van der Waals surface area contributed by atoms with Crippen LogP contribution >= 0.6 is 0 Å². The fraction of sp³-hybridized carbons (Fsp3) is 0.538. The molecule has 0 radical (unpaired) electrons. The van der Waals surface area contributed by atoms with Gasteiger partial charge in [0.1, 0.15) is 0 Å². The van der Waals surface area contributed by atoms with E-state index in [0.29, 0.717) is 13.2 Å². The van der Waals surface area contributed by atoms with Crippen molar-refractivity contribution < 1.29 is 9.84 Å². The highest BCUT2D eigenvalue weighted by Crippen LogP contribution is 2.04. The lowest BCUT2D eigenvalue weighted by Crippen LogP contribution is -2.33. The van der Waals surface area contributed by atoms with Crippen molar-refractivity contribution >= 4 is 0 Å². The second-order valence-corrected chi connectivity index (χ2v) is 4.06. The van der Waals surface area contributed by atoms with E-state index in [2.05, 4.69) is 17.0 Å². The van der Waals surface area contributed by atoms with E-state index >= 15 is 0 Å². The molecular weight excluding hydrogens is 202 g/mol. The zero-order chi connectivity index (χ0) is 11.8. The Morgan fingerprint density at radius 1 is 1.31 bits per heavy atom. The van der Waals surface area contributed by atoms with Crippen molar-refractivity contribution in [3.8, 4) is 0 Å². The molecule has 0 aliphatic carbocycles. The van der Waals surface area contributed by atoms with E-state index in [9.17, 15) is 5.11 Å². The molecule has 0 bridgehead atoms. The van der Waals surface area contributed by atoms with Crippen LogP contribution in [0.5, 0.6) is 0 Å². The molecule has 1 aromatic rings. The van der Waals surface area contributed by atoms with Gasteiger partial charge in [0.15, 0.2) is 0 Å². The summed E-state index contributed by atoms with van der Waals surface area (Å²) < 4.78 is 5.07. The summed E-state index contributed by atoms with van der Waals surface area (Å²) >= 11 is 0. The summed E-state index contributed by atoms with van der Waals surface area (Å²) in [7, 11) is 1.70. The SMILES string of the molecule is COCCN(Cc1ccccc1)C[C@H](C)O. The van der Waals surface area contributed by atoms with Gasteiger partial charge in [-0.2, -0.15) is 0 Å². The van der Waals surface area contributed by atoms with Crippen LogP contribution in [-0.2, 0) is 11.3 Å². The van der Waals surface area contributed by atoms with E-state index in [1.54, 1.807) is 7.11 Å². The molecule has 0 fully saturated rings. The maximum atomic E-state index is 9.42. The van der Waals surface area contributed by atoms with Crippen LogP contribution in [0.2, 0.25) is 0 Å². The Kier molecular flexibility index (Phi) is 6.08. The van der Waals surface area contributed by atoms with Gasteiger partial charge in [0.05, 0.1) is 12.7 Å². The number of benzene rings is 1. The molecule has 1 atom stereocenters. The van der Waals surface area contributed by atoms with E-state index in [-0.39, 0.29) is 6.10 Å². The minimum Gasteiger partial charge on any atom is -0.392 e. The average molecular weight is 223 g/mol. The smallest absolute Gasteiger partial charge is 0.0639 e. The molecule has 3 nitrogen and oxygen atoms in total. The molecule has 90 valence electrons. The van der Waals surface area contributed by atoms with Crippen molar-refractivity contribution in [3.63, 3.8) is 0 Å². The topological polar surface area (TPSA) is 32.7 Å². The van der Waals surface area contributed by atoms with E-state index in [1.165, 1.54) is 5.56 Å². The fourth-order valence-corrected chi connectivity index (χ4v) is 1.67. The molecule has 0 saturated carbocycles. The maximum absolute atomic E-state index is 9.42. The Hall–Kier alpha value is -0.900. The monoisotopic (exact) mass is 223 g/mol. The number of nitrogens with zero attached hydrogens (tertiary/aromatic N) is 1. The number of aliphatic hydroxyl groups is 1. The third-order valence-electron chi connectivity index (χ3n) is 2.38. The second-order valence-electron chi connectivity index (χ2n) is 4.06. The Bertz CT molecular complexity index is 275. The molecule has 0 unspecified atom stereocenters. The molecule has 3 heteroatoms. The summed E-state index contributed by atoms with van der Waals surface area (Å²) in [5.41, 5.74) is 1.26. The number of ether oxygens (including phenoxy) is 1. The third-order valence-corrected chi connectivity index (χ3v) is 2.38. The van der Waals surface area contributed by atoms with Gasteiger partial charge in [-0.15, -0.1) is 0 Å². The lowest BCUT2D eigenvalue weighted by molar-refractivity contribution is 0.0940. The number of aliphatic hydroxyl groups excluding tert-OH is 1. The normalized spacial score (nSPS) is 13.0. The number of methoxy groups -OCH3 is 1. The molecule has 0 aliphatic rings. The van der Waals surface area contributed by atoms with Gasteiger partial charge in [-0.25, -0.2) is 0 Å². The largest absolute Gasteiger partial charge is 0.392 e. The number of rotatable bonds is 7. The standard InChI is InChI=1S/C13H21NO2/c1-12(15)10-14(8-9-16-2)11-13-6-4-3-5-7-13/h3-7,12,15H,8-11H2,1-2H3/t12-/m0/s1. The lowest BCUT2D eigenvalue weighted by Gasteiger charge is -2.23. The van der Waals surface area contributed by atoms with Crippen molar-refractivity contribution in [1.82, 2.24) is 4.90 Å². The summed E-state index contributed by atoms with van der Waals surface area (Å²) in [5, 5.41) is 9.42. The quantitative estimate of drug-likeness (QED) is 0.760. The van der Waals surface area contributed by atoms with E-state index in [4.69, 9.17) is 4.74 Å². The van der Waals surface area contributed by atoms with Gasteiger partial charge in [0, 0.05) is 26.7 Å². The van der Waals surface area contributed by atoms with Crippen molar-refractivity contribution in [2.24, 2.45) is 0 Å². The first-order chi connectivity index (χ1) is 7.72. The van der Waals surface area contributed by atoms with Gasteiger partial charge in [-0.3, -0.25) is 4.90 Å². The van der Waals surface area contributed by atoms with Gasteiger partial charge in [0.25, 0.3) is 0 Å². The summed E-state index contributed by atoms with van der Waals surface area (Å²) in [6.07, 6.45) is -0.305. The Morgan fingerprint density at radius 3 is 2.56 bits per heavy atom. The summed E-state index contributed by atoms with van der Waals surface area (Å²) in [4.78, 5) is 2.20. The van der Waals surface area contributed by atoms with Crippen molar-refractivity contribution in [2.45, 2.75) is 19.6 Å². The minimum atomic E-state index is -0.305. The average Bonchev–Trinajstić information content (AvgIpc) is 2.26. The van der Waals surface area contributed by atoms with Crippen LogP contribution in [0.25, 0.3) is 0 Å². The van der Waals surface area contributed by atoms with Gasteiger partial charge < -0.3 is 9.84 Å². The maximum Gasteiger partial charge on any atom is 0.0639 e. The molecule has 0 aliphatic heterocycles. The summed E-state index contributed by atoms with van der Waals surface area (Å²) in [5.74, 6) is 0. The van der Waals surface area contributed by atoms with Crippen LogP contribution in [0.15, 0.2) is 30.3 Å². The van der Waals surface area contributed by atoms with Crippen molar-refractivity contribution in [3.05, 3.63) is 35.9 Å². The zero-order valence-corrected chi connectivity index (χ0v) is 10.1. The molecule has 0 aromatic heterocycles. The highest BCUT2D eigenvalue weighted by molar-refractivity contribution is 5.14. The van der Waals surface area contributed by atoms with E-state index < -0.39 is 0 Å². The van der Waals surface area contributed by atoms with Crippen LogP contribution in [0.1, 0.15) is 12.5 Å².